The molecule has 1 aromatic heterocycles. The van der Waals surface area contributed by atoms with Gasteiger partial charge in [0.15, 0.2) is 5.69 Å². The average Bonchev–Trinajstić information content (AvgIpc) is 2.68. The summed E-state index contributed by atoms with van der Waals surface area (Å²) in [5.74, 6) is -0.419. The van der Waals surface area contributed by atoms with Crippen molar-refractivity contribution < 1.29 is 10.2 Å². The van der Waals surface area contributed by atoms with Gasteiger partial charge in [-0.05, 0) is 24.8 Å². The molecule has 0 aliphatic carbocycles. The molecule has 3 aromatic rings. The summed E-state index contributed by atoms with van der Waals surface area (Å²) in [6, 6.07) is 15.2. The Balaban J connectivity index is 2.15. The number of nitrogens with zero attached hydrogens (tertiary/aromatic N) is 4. The first-order valence-corrected chi connectivity index (χ1v) is 8.45. The van der Waals surface area contributed by atoms with E-state index in [0.717, 1.165) is 15.3 Å². The van der Waals surface area contributed by atoms with Crippen molar-refractivity contribution in [2.24, 2.45) is 10.2 Å². The fourth-order valence-electron chi connectivity index (χ4n) is 2.89. The number of fused-ring (bicyclic) bond motifs is 1. The molecule has 0 aliphatic heterocycles. The van der Waals surface area contributed by atoms with Crippen molar-refractivity contribution in [2.75, 3.05) is 6.61 Å². The van der Waals surface area contributed by atoms with Crippen LogP contribution in [-0.2, 0) is 6.54 Å². The summed E-state index contributed by atoms with van der Waals surface area (Å²) >= 11 is 0. The molecule has 0 saturated carbocycles. The minimum atomic E-state index is -0.554. The quantitative estimate of drug-likeness (QED) is 0.674. The van der Waals surface area contributed by atoms with Gasteiger partial charge in [-0.25, -0.2) is 0 Å². The highest BCUT2D eigenvalue weighted by Crippen LogP contribution is 2.29. The first-order chi connectivity index (χ1) is 13.1. The van der Waals surface area contributed by atoms with Crippen molar-refractivity contribution in [1.29, 1.82) is 5.26 Å². The number of rotatable bonds is 5. The van der Waals surface area contributed by atoms with Crippen molar-refractivity contribution in [3.05, 3.63) is 63.9 Å². The number of pyridine rings is 1. The molecular weight excluding hydrogens is 344 g/mol. The van der Waals surface area contributed by atoms with E-state index in [4.69, 9.17) is 5.11 Å². The Hall–Kier alpha value is -3.50. The van der Waals surface area contributed by atoms with Crippen molar-refractivity contribution in [3.8, 4) is 11.9 Å². The maximum Gasteiger partial charge on any atom is 0.281 e. The van der Waals surface area contributed by atoms with Gasteiger partial charge in [0.25, 0.3) is 5.56 Å². The maximum absolute atomic E-state index is 12.7. The Kier molecular flexibility index (Phi) is 5.29. The number of azo groups is 1. The molecule has 7 nitrogen and oxygen atoms in total. The van der Waals surface area contributed by atoms with E-state index in [-0.39, 0.29) is 36.4 Å². The standard InChI is InChI=1S/C20H18N4O3/c1-13-16(12-21)19(26)24(10-5-11-25)20(27)18(13)23-22-17-9-4-7-14-6-2-3-8-15(14)17/h2-4,6-9,25-26H,5,10-11H2,1H3. The summed E-state index contributed by atoms with van der Waals surface area (Å²) in [6.07, 6.45) is 0.265. The molecule has 3 rings (SSSR count). The zero-order chi connectivity index (χ0) is 19.4. The minimum Gasteiger partial charge on any atom is -0.493 e. The SMILES string of the molecule is Cc1c(C#N)c(O)n(CCCO)c(=O)c1N=Nc1cccc2ccccc12. The summed E-state index contributed by atoms with van der Waals surface area (Å²) in [4.78, 5) is 12.7. The van der Waals surface area contributed by atoms with E-state index in [1.807, 2.05) is 42.5 Å². The number of benzene rings is 2. The second kappa shape index (κ2) is 7.81. The summed E-state index contributed by atoms with van der Waals surface area (Å²) in [7, 11) is 0. The molecular formula is C20H18N4O3. The van der Waals surface area contributed by atoms with Gasteiger partial charge >= 0.3 is 0 Å². The first kappa shape index (κ1) is 18.3. The van der Waals surface area contributed by atoms with E-state index in [9.17, 15) is 15.2 Å². The van der Waals surface area contributed by atoms with E-state index in [1.165, 1.54) is 0 Å². The van der Waals surface area contributed by atoms with Gasteiger partial charge in [-0.3, -0.25) is 9.36 Å². The van der Waals surface area contributed by atoms with Crippen LogP contribution in [-0.4, -0.2) is 21.4 Å². The normalized spacial score (nSPS) is 11.1. The molecule has 0 fully saturated rings. The second-order valence-electron chi connectivity index (χ2n) is 6.02. The number of nitriles is 1. The van der Waals surface area contributed by atoms with E-state index >= 15 is 0 Å². The van der Waals surface area contributed by atoms with Crippen LogP contribution < -0.4 is 5.56 Å². The summed E-state index contributed by atoms with van der Waals surface area (Å²) in [5.41, 5.74) is 0.278. The number of hydrogen-bond acceptors (Lipinski definition) is 6. The number of aliphatic hydroxyl groups excluding tert-OH is 1. The molecule has 0 radical (unpaired) electrons. The van der Waals surface area contributed by atoms with Gasteiger partial charge in [-0.2, -0.15) is 5.26 Å². The fraction of sp³-hybridized carbons (Fsp3) is 0.200. The third kappa shape index (κ3) is 3.43. The predicted molar refractivity (Wildman–Crippen MR) is 102 cm³/mol. The molecule has 2 aromatic carbocycles. The van der Waals surface area contributed by atoms with Crippen molar-refractivity contribution in [2.45, 2.75) is 19.9 Å². The lowest BCUT2D eigenvalue weighted by atomic mass is 10.1. The monoisotopic (exact) mass is 362 g/mol. The molecule has 0 amide bonds. The van der Waals surface area contributed by atoms with Gasteiger partial charge in [-0.1, -0.05) is 36.4 Å². The van der Waals surface area contributed by atoms with Gasteiger partial charge in [0.05, 0.1) is 5.69 Å². The molecule has 0 aliphatic rings. The van der Waals surface area contributed by atoms with Crippen LogP contribution in [0.1, 0.15) is 17.5 Å². The molecule has 0 spiro atoms. The number of aromatic nitrogens is 1. The Morgan fingerprint density at radius 3 is 2.63 bits per heavy atom. The lowest BCUT2D eigenvalue weighted by molar-refractivity contribution is 0.274. The van der Waals surface area contributed by atoms with Gasteiger partial charge in [0, 0.05) is 24.1 Å². The van der Waals surface area contributed by atoms with Crippen molar-refractivity contribution >= 4 is 22.1 Å². The highest BCUT2D eigenvalue weighted by Gasteiger charge is 2.19. The minimum absolute atomic E-state index is 0.00442. The lowest BCUT2D eigenvalue weighted by Crippen LogP contribution is -2.22. The molecule has 0 atom stereocenters. The van der Waals surface area contributed by atoms with Crippen LogP contribution in [0.15, 0.2) is 57.5 Å². The molecule has 2 N–H and O–H groups in total. The fourth-order valence-corrected chi connectivity index (χ4v) is 2.89. The molecule has 136 valence electrons. The first-order valence-electron chi connectivity index (χ1n) is 8.45. The smallest absolute Gasteiger partial charge is 0.281 e. The molecule has 0 saturated heterocycles. The predicted octanol–water partition coefficient (Wildman–Crippen LogP) is 3.69. The van der Waals surface area contributed by atoms with Gasteiger partial charge in [-0.15, -0.1) is 10.2 Å². The summed E-state index contributed by atoms with van der Waals surface area (Å²) in [6.45, 7) is 1.48. The van der Waals surface area contributed by atoms with E-state index in [0.29, 0.717) is 5.69 Å². The van der Waals surface area contributed by atoms with E-state index in [2.05, 4.69) is 10.2 Å². The van der Waals surface area contributed by atoms with Crippen LogP contribution >= 0.6 is 0 Å². The van der Waals surface area contributed by atoms with Gasteiger partial charge in [0.2, 0.25) is 5.88 Å². The topological polar surface area (TPSA) is 111 Å². The van der Waals surface area contributed by atoms with Crippen LogP contribution in [0.25, 0.3) is 10.8 Å². The molecule has 1 heterocycles. The third-order valence-electron chi connectivity index (χ3n) is 4.33. The summed E-state index contributed by atoms with van der Waals surface area (Å²) < 4.78 is 1.04. The van der Waals surface area contributed by atoms with E-state index < -0.39 is 11.4 Å². The third-order valence-corrected chi connectivity index (χ3v) is 4.33. The van der Waals surface area contributed by atoms with Crippen LogP contribution in [0, 0.1) is 18.3 Å². The zero-order valence-electron chi connectivity index (χ0n) is 14.8. The average molecular weight is 362 g/mol. The number of hydrogen-bond donors (Lipinski definition) is 2. The molecule has 0 unspecified atom stereocenters. The highest BCUT2D eigenvalue weighted by molar-refractivity contribution is 5.92. The van der Waals surface area contributed by atoms with Gasteiger partial charge in [0.1, 0.15) is 11.6 Å². The Labute approximate surface area is 155 Å². The van der Waals surface area contributed by atoms with Crippen LogP contribution in [0.5, 0.6) is 5.88 Å². The van der Waals surface area contributed by atoms with E-state index in [1.54, 1.807) is 13.0 Å². The molecule has 0 bridgehead atoms. The highest BCUT2D eigenvalue weighted by atomic mass is 16.3. The van der Waals surface area contributed by atoms with Crippen LogP contribution in [0.2, 0.25) is 0 Å². The Morgan fingerprint density at radius 2 is 1.89 bits per heavy atom. The Morgan fingerprint density at radius 1 is 1.15 bits per heavy atom. The van der Waals surface area contributed by atoms with Crippen molar-refractivity contribution in [1.82, 2.24) is 4.57 Å². The maximum atomic E-state index is 12.7. The van der Waals surface area contributed by atoms with Crippen molar-refractivity contribution in [3.63, 3.8) is 0 Å². The largest absolute Gasteiger partial charge is 0.493 e. The van der Waals surface area contributed by atoms with Crippen LogP contribution in [0.4, 0.5) is 11.4 Å². The summed E-state index contributed by atoms with van der Waals surface area (Å²) in [5, 5.41) is 38.8. The Bertz CT molecular complexity index is 1120. The lowest BCUT2D eigenvalue weighted by Gasteiger charge is -2.12. The van der Waals surface area contributed by atoms with Gasteiger partial charge < -0.3 is 10.2 Å². The number of aromatic hydroxyl groups is 1. The zero-order valence-corrected chi connectivity index (χ0v) is 14.8. The second-order valence-corrected chi connectivity index (χ2v) is 6.02. The van der Waals surface area contributed by atoms with Crippen LogP contribution in [0.3, 0.4) is 0 Å². The number of aliphatic hydroxyl groups is 1. The molecule has 7 heteroatoms. The molecule has 27 heavy (non-hydrogen) atoms.